The lowest BCUT2D eigenvalue weighted by atomic mass is 10.2. The van der Waals surface area contributed by atoms with Crippen LogP contribution in [0.15, 0.2) is 18.3 Å². The molecule has 1 fully saturated rings. The Morgan fingerprint density at radius 1 is 1.44 bits per heavy atom. The van der Waals surface area contributed by atoms with Gasteiger partial charge >= 0.3 is 0 Å². The molecule has 1 unspecified atom stereocenters. The van der Waals surface area contributed by atoms with Gasteiger partial charge in [0.25, 0.3) is 0 Å². The summed E-state index contributed by atoms with van der Waals surface area (Å²) in [4.78, 5) is 0. The van der Waals surface area contributed by atoms with Crippen molar-refractivity contribution in [3.8, 4) is 5.75 Å². The number of anilines is 1. The first-order valence-electron chi connectivity index (χ1n) is 6.22. The third-order valence-electron chi connectivity index (χ3n) is 3.32. The highest BCUT2D eigenvalue weighted by molar-refractivity contribution is 5.84. The van der Waals surface area contributed by atoms with Crippen LogP contribution in [0.25, 0.3) is 10.9 Å². The molecule has 1 saturated heterocycles. The summed E-state index contributed by atoms with van der Waals surface area (Å²) in [5.41, 5.74) is 7.41. The third kappa shape index (κ3) is 1.90. The average Bonchev–Trinajstić information content (AvgIpc) is 2.81. The average molecular weight is 247 g/mol. The molecular weight excluding hydrogens is 230 g/mol. The largest absolute Gasteiger partial charge is 0.495 e. The van der Waals surface area contributed by atoms with Gasteiger partial charge in [-0.15, -0.1) is 0 Å². The Labute approximate surface area is 105 Å². The lowest BCUT2D eigenvalue weighted by molar-refractivity contribution is -0.0390. The van der Waals surface area contributed by atoms with Gasteiger partial charge in [0, 0.05) is 24.3 Å². The summed E-state index contributed by atoms with van der Waals surface area (Å²) in [6.07, 6.45) is 5.38. The van der Waals surface area contributed by atoms with Crippen LogP contribution in [0.4, 0.5) is 5.69 Å². The second-order valence-corrected chi connectivity index (χ2v) is 4.58. The first-order valence-corrected chi connectivity index (χ1v) is 6.22. The molecule has 0 spiro atoms. The Bertz CT molecular complexity index is 559. The summed E-state index contributed by atoms with van der Waals surface area (Å²) in [5, 5.41) is 5.56. The minimum Gasteiger partial charge on any atom is -0.495 e. The normalized spacial score (nSPS) is 20.2. The third-order valence-corrected chi connectivity index (χ3v) is 3.32. The molecule has 5 heteroatoms. The number of nitrogens with two attached hydrogens (primary N) is 1. The Kier molecular flexibility index (Phi) is 2.83. The molecule has 1 aromatic heterocycles. The zero-order valence-corrected chi connectivity index (χ0v) is 10.4. The van der Waals surface area contributed by atoms with E-state index >= 15 is 0 Å². The van der Waals surface area contributed by atoms with Crippen molar-refractivity contribution in [1.82, 2.24) is 9.78 Å². The monoisotopic (exact) mass is 247 g/mol. The molecule has 18 heavy (non-hydrogen) atoms. The molecule has 2 aromatic rings. The van der Waals surface area contributed by atoms with E-state index in [0.29, 0.717) is 11.4 Å². The number of benzene rings is 1. The van der Waals surface area contributed by atoms with Crippen LogP contribution in [0.2, 0.25) is 0 Å². The highest BCUT2D eigenvalue weighted by Crippen LogP contribution is 2.29. The number of ether oxygens (including phenoxy) is 2. The number of nitrogens with zero attached hydrogens (tertiary/aromatic N) is 2. The van der Waals surface area contributed by atoms with Gasteiger partial charge in [-0.1, -0.05) is 0 Å². The number of hydrogen-bond donors (Lipinski definition) is 1. The van der Waals surface area contributed by atoms with Gasteiger partial charge in [0.05, 0.1) is 18.3 Å². The molecule has 1 atom stereocenters. The molecular formula is C13H17N3O2. The number of fused-ring (bicyclic) bond motifs is 1. The Morgan fingerprint density at radius 2 is 2.33 bits per heavy atom. The lowest BCUT2D eigenvalue weighted by Gasteiger charge is -2.22. The number of rotatable bonds is 2. The Balaban J connectivity index is 1.99. The summed E-state index contributed by atoms with van der Waals surface area (Å²) in [7, 11) is 1.61. The van der Waals surface area contributed by atoms with E-state index in [0.717, 1.165) is 30.4 Å². The maximum absolute atomic E-state index is 5.89. The molecule has 0 bridgehead atoms. The predicted octanol–water partition coefficient (Wildman–Crippen LogP) is 2.33. The molecule has 1 aromatic carbocycles. The van der Waals surface area contributed by atoms with Crippen molar-refractivity contribution in [1.29, 1.82) is 0 Å². The Hall–Kier alpha value is -1.75. The zero-order chi connectivity index (χ0) is 12.5. The Morgan fingerprint density at radius 3 is 3.06 bits per heavy atom. The van der Waals surface area contributed by atoms with Crippen LogP contribution in [0, 0.1) is 0 Å². The van der Waals surface area contributed by atoms with Gasteiger partial charge in [-0.3, -0.25) is 0 Å². The van der Waals surface area contributed by atoms with Crippen molar-refractivity contribution in [2.45, 2.75) is 25.5 Å². The molecule has 0 amide bonds. The standard InChI is InChI=1S/C13H17N3O2/c1-17-12-7-11-9(6-10(12)14)8-16(15-11)13-4-2-3-5-18-13/h6-8,13H,2-5,14H2,1H3. The first-order chi connectivity index (χ1) is 8.78. The summed E-state index contributed by atoms with van der Waals surface area (Å²) < 4.78 is 12.8. The molecule has 1 aliphatic rings. The van der Waals surface area contributed by atoms with E-state index in [1.807, 2.05) is 23.0 Å². The summed E-state index contributed by atoms with van der Waals surface area (Å²) in [5.74, 6) is 0.664. The van der Waals surface area contributed by atoms with Gasteiger partial charge in [0.1, 0.15) is 12.0 Å². The minimum atomic E-state index is 0.0540. The lowest BCUT2D eigenvalue weighted by Crippen LogP contribution is -2.18. The molecule has 2 N–H and O–H groups in total. The molecule has 0 saturated carbocycles. The maximum atomic E-state index is 5.89. The van der Waals surface area contributed by atoms with Crippen molar-refractivity contribution >= 4 is 16.6 Å². The molecule has 96 valence electrons. The van der Waals surface area contributed by atoms with E-state index in [-0.39, 0.29) is 6.23 Å². The van der Waals surface area contributed by atoms with Crippen molar-refractivity contribution in [3.05, 3.63) is 18.3 Å². The second kappa shape index (κ2) is 4.49. The van der Waals surface area contributed by atoms with E-state index in [2.05, 4.69) is 5.10 Å². The maximum Gasteiger partial charge on any atom is 0.150 e. The van der Waals surface area contributed by atoms with Crippen LogP contribution in [-0.2, 0) is 4.74 Å². The summed E-state index contributed by atoms with van der Waals surface area (Å²) >= 11 is 0. The molecule has 2 heterocycles. The number of methoxy groups -OCH3 is 1. The first kappa shape index (κ1) is 11.3. The van der Waals surface area contributed by atoms with Crippen molar-refractivity contribution in [3.63, 3.8) is 0 Å². The van der Waals surface area contributed by atoms with Crippen LogP contribution in [-0.4, -0.2) is 23.5 Å². The smallest absolute Gasteiger partial charge is 0.150 e. The van der Waals surface area contributed by atoms with Crippen LogP contribution in [0.3, 0.4) is 0 Å². The van der Waals surface area contributed by atoms with Crippen LogP contribution >= 0.6 is 0 Å². The van der Waals surface area contributed by atoms with Crippen molar-refractivity contribution in [2.75, 3.05) is 19.5 Å². The van der Waals surface area contributed by atoms with E-state index in [1.54, 1.807) is 7.11 Å². The van der Waals surface area contributed by atoms with Crippen molar-refractivity contribution < 1.29 is 9.47 Å². The van der Waals surface area contributed by atoms with Gasteiger partial charge in [0.15, 0.2) is 0 Å². The van der Waals surface area contributed by atoms with Gasteiger partial charge in [-0.2, -0.15) is 5.10 Å². The van der Waals surface area contributed by atoms with Crippen LogP contribution in [0.5, 0.6) is 5.75 Å². The van der Waals surface area contributed by atoms with Crippen LogP contribution < -0.4 is 10.5 Å². The number of aromatic nitrogens is 2. The van der Waals surface area contributed by atoms with Crippen molar-refractivity contribution in [2.24, 2.45) is 0 Å². The quantitative estimate of drug-likeness (QED) is 0.827. The highest BCUT2D eigenvalue weighted by Gasteiger charge is 2.17. The van der Waals surface area contributed by atoms with E-state index in [1.165, 1.54) is 6.42 Å². The van der Waals surface area contributed by atoms with Crippen LogP contribution in [0.1, 0.15) is 25.5 Å². The van der Waals surface area contributed by atoms with E-state index < -0.39 is 0 Å². The van der Waals surface area contributed by atoms with E-state index in [4.69, 9.17) is 15.2 Å². The zero-order valence-electron chi connectivity index (χ0n) is 10.4. The summed E-state index contributed by atoms with van der Waals surface area (Å²) in [6.45, 7) is 0.812. The summed E-state index contributed by atoms with van der Waals surface area (Å²) in [6, 6.07) is 3.75. The highest BCUT2D eigenvalue weighted by atomic mass is 16.5. The number of nitrogen functional groups attached to an aromatic ring is 1. The molecule has 0 radical (unpaired) electrons. The topological polar surface area (TPSA) is 62.3 Å². The van der Waals surface area contributed by atoms with Gasteiger partial charge in [-0.05, 0) is 25.3 Å². The van der Waals surface area contributed by atoms with Gasteiger partial charge < -0.3 is 15.2 Å². The molecule has 3 rings (SSSR count). The predicted molar refractivity (Wildman–Crippen MR) is 69.5 cm³/mol. The fourth-order valence-electron chi connectivity index (χ4n) is 2.35. The number of hydrogen-bond acceptors (Lipinski definition) is 4. The van der Waals surface area contributed by atoms with Gasteiger partial charge in [0.2, 0.25) is 0 Å². The minimum absolute atomic E-state index is 0.0540. The SMILES string of the molecule is COc1cc2nn(C3CCCCO3)cc2cc1N. The van der Waals surface area contributed by atoms with E-state index in [9.17, 15) is 0 Å². The molecule has 1 aliphatic heterocycles. The van der Waals surface area contributed by atoms with Gasteiger partial charge in [-0.25, -0.2) is 4.68 Å². The second-order valence-electron chi connectivity index (χ2n) is 4.58. The molecule has 0 aliphatic carbocycles. The fraction of sp³-hybridized carbons (Fsp3) is 0.462. The fourth-order valence-corrected chi connectivity index (χ4v) is 2.35. The molecule has 5 nitrogen and oxygen atoms in total.